The van der Waals surface area contributed by atoms with Crippen molar-refractivity contribution in [3.05, 3.63) is 53.7 Å². The Hall–Kier alpha value is -3.35. The van der Waals surface area contributed by atoms with Crippen LogP contribution in [-0.2, 0) is 4.79 Å². The standard InChI is InChI=1S/C24H30N4O3/c1-14(2)16-9-11-17(12-10-16)19-21(27-24(4,5)6)28-13-7-8-18(20(28)26-19)22(29)25-15(3)23(30)31/h7-15,27H,1-6H3,(H,25,29)(H,30,31). The third kappa shape index (κ3) is 4.87. The highest BCUT2D eigenvalue weighted by Gasteiger charge is 2.24. The molecule has 7 heteroatoms. The van der Waals surface area contributed by atoms with Crippen LogP contribution in [0.1, 0.15) is 63.4 Å². The van der Waals surface area contributed by atoms with Crippen LogP contribution in [0.25, 0.3) is 16.9 Å². The maximum Gasteiger partial charge on any atom is 0.325 e. The average molecular weight is 423 g/mol. The molecule has 31 heavy (non-hydrogen) atoms. The summed E-state index contributed by atoms with van der Waals surface area (Å²) in [5, 5.41) is 15.2. The molecule has 3 N–H and O–H groups in total. The molecule has 1 unspecified atom stereocenters. The lowest BCUT2D eigenvalue weighted by Gasteiger charge is -2.22. The van der Waals surface area contributed by atoms with Gasteiger partial charge in [0, 0.05) is 17.3 Å². The van der Waals surface area contributed by atoms with Gasteiger partial charge in [-0.2, -0.15) is 0 Å². The molecule has 0 fully saturated rings. The molecule has 1 atom stereocenters. The van der Waals surface area contributed by atoms with Crippen LogP contribution in [0.2, 0.25) is 0 Å². The fourth-order valence-corrected chi connectivity index (χ4v) is 3.28. The molecule has 2 heterocycles. The molecule has 2 aromatic heterocycles. The van der Waals surface area contributed by atoms with E-state index in [1.807, 2.05) is 22.7 Å². The lowest BCUT2D eigenvalue weighted by Crippen LogP contribution is -2.38. The average Bonchev–Trinajstić information content (AvgIpc) is 3.04. The van der Waals surface area contributed by atoms with E-state index in [2.05, 4.69) is 57.4 Å². The number of carboxylic acids is 1. The van der Waals surface area contributed by atoms with Crippen LogP contribution in [0.4, 0.5) is 5.82 Å². The highest BCUT2D eigenvalue weighted by Crippen LogP contribution is 2.32. The molecule has 3 rings (SSSR count). The van der Waals surface area contributed by atoms with Gasteiger partial charge in [-0.1, -0.05) is 38.1 Å². The number of rotatable bonds is 6. The molecule has 0 aliphatic carbocycles. The van der Waals surface area contributed by atoms with Gasteiger partial charge in [-0.3, -0.25) is 14.0 Å². The van der Waals surface area contributed by atoms with Gasteiger partial charge in [0.25, 0.3) is 5.91 Å². The maximum absolute atomic E-state index is 12.8. The van der Waals surface area contributed by atoms with Crippen LogP contribution in [-0.4, -0.2) is 37.9 Å². The Labute approximate surface area is 182 Å². The van der Waals surface area contributed by atoms with Gasteiger partial charge < -0.3 is 15.7 Å². The van der Waals surface area contributed by atoms with Gasteiger partial charge in [0.1, 0.15) is 17.6 Å². The zero-order chi connectivity index (χ0) is 22.9. The predicted octanol–water partition coefficient (Wildman–Crippen LogP) is 4.54. The second-order valence-electron chi connectivity index (χ2n) is 9.11. The number of anilines is 1. The monoisotopic (exact) mass is 422 g/mol. The zero-order valence-electron chi connectivity index (χ0n) is 18.9. The number of amides is 1. The lowest BCUT2D eigenvalue weighted by molar-refractivity contribution is -0.138. The van der Waals surface area contributed by atoms with Gasteiger partial charge in [0.05, 0.1) is 5.56 Å². The van der Waals surface area contributed by atoms with Crippen molar-refractivity contribution in [2.45, 2.75) is 59.0 Å². The summed E-state index contributed by atoms with van der Waals surface area (Å²) in [7, 11) is 0. The van der Waals surface area contributed by atoms with Crippen molar-refractivity contribution < 1.29 is 14.7 Å². The van der Waals surface area contributed by atoms with E-state index in [4.69, 9.17) is 10.1 Å². The molecule has 7 nitrogen and oxygen atoms in total. The van der Waals surface area contributed by atoms with Gasteiger partial charge in [0.15, 0.2) is 5.65 Å². The van der Waals surface area contributed by atoms with E-state index < -0.39 is 17.9 Å². The Morgan fingerprint density at radius 1 is 1.06 bits per heavy atom. The molecule has 0 saturated carbocycles. The number of aromatic nitrogens is 2. The number of imidazole rings is 1. The number of hydrogen-bond donors (Lipinski definition) is 3. The Balaban J connectivity index is 2.16. The van der Waals surface area contributed by atoms with Crippen molar-refractivity contribution in [3.8, 4) is 11.3 Å². The fourth-order valence-electron chi connectivity index (χ4n) is 3.28. The normalized spacial score (nSPS) is 12.7. The molecule has 1 aromatic carbocycles. The first-order valence-electron chi connectivity index (χ1n) is 10.4. The summed E-state index contributed by atoms with van der Waals surface area (Å²) in [5.74, 6) is -0.367. The highest BCUT2D eigenvalue weighted by molar-refractivity contribution is 6.02. The quantitative estimate of drug-likeness (QED) is 0.542. The number of carbonyl (C=O) groups is 2. The zero-order valence-corrected chi connectivity index (χ0v) is 18.9. The van der Waals surface area contributed by atoms with Crippen LogP contribution in [0.5, 0.6) is 0 Å². The minimum absolute atomic E-state index is 0.237. The number of nitrogens with zero attached hydrogens (tertiary/aromatic N) is 2. The molecule has 0 bridgehead atoms. The fraction of sp³-hybridized carbons (Fsp3) is 0.375. The number of benzene rings is 1. The van der Waals surface area contributed by atoms with E-state index in [0.717, 1.165) is 17.1 Å². The molecular weight excluding hydrogens is 392 g/mol. The number of fused-ring (bicyclic) bond motifs is 1. The van der Waals surface area contributed by atoms with E-state index in [9.17, 15) is 9.59 Å². The van der Waals surface area contributed by atoms with E-state index in [1.54, 1.807) is 12.1 Å². The number of carbonyl (C=O) groups excluding carboxylic acids is 1. The molecule has 164 valence electrons. The Bertz CT molecular complexity index is 1110. The van der Waals surface area contributed by atoms with E-state index in [0.29, 0.717) is 17.1 Å². The van der Waals surface area contributed by atoms with Crippen LogP contribution in [0.15, 0.2) is 42.6 Å². The molecule has 0 saturated heterocycles. The summed E-state index contributed by atoms with van der Waals surface area (Å²) >= 11 is 0. The number of nitrogens with one attached hydrogen (secondary N) is 2. The summed E-state index contributed by atoms with van der Waals surface area (Å²) in [6.07, 6.45) is 1.85. The van der Waals surface area contributed by atoms with Gasteiger partial charge in [-0.25, -0.2) is 4.98 Å². The molecule has 0 aliphatic rings. The van der Waals surface area contributed by atoms with E-state index in [-0.39, 0.29) is 5.54 Å². The molecule has 0 aliphatic heterocycles. The summed E-state index contributed by atoms with van der Waals surface area (Å²) < 4.78 is 1.84. The van der Waals surface area contributed by atoms with E-state index in [1.165, 1.54) is 12.5 Å². The van der Waals surface area contributed by atoms with Crippen LogP contribution < -0.4 is 10.6 Å². The minimum atomic E-state index is -1.09. The molecular formula is C24H30N4O3. The van der Waals surface area contributed by atoms with Crippen molar-refractivity contribution in [1.82, 2.24) is 14.7 Å². The minimum Gasteiger partial charge on any atom is -0.480 e. The highest BCUT2D eigenvalue weighted by atomic mass is 16.4. The number of hydrogen-bond acceptors (Lipinski definition) is 4. The molecule has 0 radical (unpaired) electrons. The summed E-state index contributed by atoms with van der Waals surface area (Å²) in [6, 6.07) is 10.7. The van der Waals surface area contributed by atoms with Crippen molar-refractivity contribution in [2.24, 2.45) is 0 Å². The second kappa shape index (κ2) is 8.41. The number of carboxylic acid groups (broad SMARTS) is 1. The number of aliphatic carboxylic acids is 1. The number of pyridine rings is 1. The largest absolute Gasteiger partial charge is 0.480 e. The van der Waals surface area contributed by atoms with Crippen LogP contribution in [0, 0.1) is 0 Å². The van der Waals surface area contributed by atoms with Crippen molar-refractivity contribution in [1.29, 1.82) is 0 Å². The van der Waals surface area contributed by atoms with Crippen molar-refractivity contribution in [2.75, 3.05) is 5.32 Å². The second-order valence-corrected chi connectivity index (χ2v) is 9.11. The first-order valence-corrected chi connectivity index (χ1v) is 10.4. The predicted molar refractivity (Wildman–Crippen MR) is 123 cm³/mol. The summed E-state index contributed by atoms with van der Waals surface area (Å²) in [4.78, 5) is 28.8. The molecule has 1 amide bonds. The SMILES string of the molecule is CC(NC(=O)c1cccn2c(NC(C)(C)C)c(-c3ccc(C(C)C)cc3)nc12)C(=O)O. The lowest BCUT2D eigenvalue weighted by atomic mass is 10.0. The van der Waals surface area contributed by atoms with E-state index >= 15 is 0 Å². The van der Waals surface area contributed by atoms with Gasteiger partial charge in [-0.05, 0) is 51.3 Å². The third-order valence-electron chi connectivity index (χ3n) is 4.96. The van der Waals surface area contributed by atoms with Gasteiger partial charge in [-0.15, -0.1) is 0 Å². The summed E-state index contributed by atoms with van der Waals surface area (Å²) in [6.45, 7) is 11.9. The first-order chi connectivity index (χ1) is 14.5. The molecule has 0 spiro atoms. The van der Waals surface area contributed by atoms with Gasteiger partial charge in [0.2, 0.25) is 0 Å². The Morgan fingerprint density at radius 3 is 2.26 bits per heavy atom. The molecule has 3 aromatic rings. The summed E-state index contributed by atoms with van der Waals surface area (Å²) in [5.41, 5.74) is 3.45. The third-order valence-corrected chi connectivity index (χ3v) is 4.96. The maximum atomic E-state index is 12.8. The Morgan fingerprint density at radius 2 is 1.71 bits per heavy atom. The topological polar surface area (TPSA) is 95.7 Å². The smallest absolute Gasteiger partial charge is 0.325 e. The van der Waals surface area contributed by atoms with Gasteiger partial charge >= 0.3 is 5.97 Å². The van der Waals surface area contributed by atoms with Crippen LogP contribution in [0.3, 0.4) is 0 Å². The first kappa shape index (κ1) is 22.3. The van der Waals surface area contributed by atoms with Crippen molar-refractivity contribution >= 4 is 23.3 Å². The Kier molecular flexibility index (Phi) is 6.06. The van der Waals surface area contributed by atoms with Crippen molar-refractivity contribution in [3.63, 3.8) is 0 Å². The van der Waals surface area contributed by atoms with Crippen LogP contribution >= 0.6 is 0 Å².